The summed E-state index contributed by atoms with van der Waals surface area (Å²) < 4.78 is 6.42. The normalized spacial score (nSPS) is 14.2. The molecule has 7 heteroatoms. The Balaban J connectivity index is 1.90. The number of nitrogens with one attached hydrogen (secondary N) is 1. The molecule has 0 saturated heterocycles. The van der Waals surface area contributed by atoms with Gasteiger partial charge in [-0.1, -0.05) is 0 Å². The second-order valence-corrected chi connectivity index (χ2v) is 4.52. The van der Waals surface area contributed by atoms with Crippen LogP contribution in [0.4, 0.5) is 0 Å². The van der Waals surface area contributed by atoms with Crippen LogP contribution < -0.4 is 21.3 Å². The van der Waals surface area contributed by atoms with Gasteiger partial charge in [0.15, 0.2) is 0 Å². The van der Waals surface area contributed by atoms with Gasteiger partial charge in [0.2, 0.25) is 5.91 Å². The zero-order chi connectivity index (χ0) is 13.7. The third kappa shape index (κ3) is 4.36. The smallest absolute Gasteiger partial charge is 0.270 e. The van der Waals surface area contributed by atoms with Gasteiger partial charge in [-0.15, -0.1) is 0 Å². The van der Waals surface area contributed by atoms with Crippen molar-refractivity contribution < 1.29 is 9.53 Å². The quantitative estimate of drug-likeness (QED) is 0.633. The number of nitrogens with zero attached hydrogens (tertiary/aromatic N) is 2. The van der Waals surface area contributed by atoms with E-state index in [1.165, 1.54) is 12.3 Å². The number of hydrogen-bond donors (Lipinski definition) is 2. The maximum atomic E-state index is 11.7. The van der Waals surface area contributed by atoms with E-state index < -0.39 is 0 Å². The summed E-state index contributed by atoms with van der Waals surface area (Å²) in [7, 11) is 0. The Kier molecular flexibility index (Phi) is 4.51. The van der Waals surface area contributed by atoms with E-state index in [-0.39, 0.29) is 24.1 Å². The molecular formula is C12H18N4O3. The lowest BCUT2D eigenvalue weighted by molar-refractivity contribution is -0.122. The van der Waals surface area contributed by atoms with Crippen molar-refractivity contribution in [1.29, 1.82) is 0 Å². The standard InChI is InChI=1S/C12H18N4O3/c13-4-1-5-19-10-6-12(18)16(14-7-10)8-11(17)15-9-2-3-9/h6-7,9H,1-5,8,13H2,(H,15,17). The van der Waals surface area contributed by atoms with Crippen LogP contribution in [0.3, 0.4) is 0 Å². The summed E-state index contributed by atoms with van der Waals surface area (Å²) in [5.41, 5.74) is 4.99. The average Bonchev–Trinajstić information content (AvgIpc) is 3.17. The number of nitrogens with two attached hydrogens (primary N) is 1. The van der Waals surface area contributed by atoms with Crippen LogP contribution in [0.25, 0.3) is 0 Å². The Morgan fingerprint density at radius 3 is 3.00 bits per heavy atom. The van der Waals surface area contributed by atoms with Crippen molar-refractivity contribution in [2.75, 3.05) is 13.2 Å². The molecule has 3 N–H and O–H groups in total. The number of hydrogen-bond acceptors (Lipinski definition) is 5. The van der Waals surface area contributed by atoms with Crippen molar-refractivity contribution in [2.24, 2.45) is 5.73 Å². The fourth-order valence-electron chi connectivity index (χ4n) is 1.53. The zero-order valence-electron chi connectivity index (χ0n) is 10.7. The first-order valence-corrected chi connectivity index (χ1v) is 6.38. The fourth-order valence-corrected chi connectivity index (χ4v) is 1.53. The van der Waals surface area contributed by atoms with E-state index in [1.807, 2.05) is 0 Å². The Hall–Kier alpha value is -1.89. The van der Waals surface area contributed by atoms with E-state index in [0.717, 1.165) is 17.5 Å². The van der Waals surface area contributed by atoms with Crippen LogP contribution in [0.5, 0.6) is 5.75 Å². The lowest BCUT2D eigenvalue weighted by Gasteiger charge is -2.07. The molecule has 1 aromatic heterocycles. The minimum absolute atomic E-state index is 0.0571. The Morgan fingerprint density at radius 1 is 1.58 bits per heavy atom. The van der Waals surface area contributed by atoms with Crippen molar-refractivity contribution in [3.05, 3.63) is 22.6 Å². The molecule has 1 aromatic rings. The number of aromatic nitrogens is 2. The molecule has 1 fully saturated rings. The highest BCUT2D eigenvalue weighted by molar-refractivity contribution is 5.76. The molecule has 0 aliphatic heterocycles. The highest BCUT2D eigenvalue weighted by Gasteiger charge is 2.23. The van der Waals surface area contributed by atoms with Crippen LogP contribution in [0.15, 0.2) is 17.1 Å². The molecule has 1 heterocycles. The first kappa shape index (κ1) is 13.5. The monoisotopic (exact) mass is 266 g/mol. The molecule has 0 bridgehead atoms. The van der Waals surface area contributed by atoms with Crippen molar-refractivity contribution in [1.82, 2.24) is 15.1 Å². The maximum absolute atomic E-state index is 11.7. The lowest BCUT2D eigenvalue weighted by atomic mass is 10.4. The van der Waals surface area contributed by atoms with Crippen LogP contribution in [-0.2, 0) is 11.3 Å². The molecule has 0 atom stereocenters. The van der Waals surface area contributed by atoms with E-state index in [2.05, 4.69) is 10.4 Å². The van der Waals surface area contributed by atoms with Crippen LogP contribution >= 0.6 is 0 Å². The van der Waals surface area contributed by atoms with Crippen molar-refractivity contribution in [3.63, 3.8) is 0 Å². The first-order chi connectivity index (χ1) is 9.19. The number of amides is 1. The van der Waals surface area contributed by atoms with Crippen molar-refractivity contribution in [3.8, 4) is 5.75 Å². The Bertz CT molecular complexity index is 496. The third-order valence-electron chi connectivity index (χ3n) is 2.70. The molecule has 0 unspecified atom stereocenters. The van der Waals surface area contributed by atoms with E-state index in [4.69, 9.17) is 10.5 Å². The van der Waals surface area contributed by atoms with Gasteiger partial charge in [-0.05, 0) is 25.8 Å². The van der Waals surface area contributed by atoms with Gasteiger partial charge in [0.1, 0.15) is 12.3 Å². The first-order valence-electron chi connectivity index (χ1n) is 6.38. The molecule has 1 amide bonds. The van der Waals surface area contributed by atoms with Crippen molar-refractivity contribution in [2.45, 2.75) is 31.8 Å². The number of carbonyl (C=O) groups is 1. The summed E-state index contributed by atoms with van der Waals surface area (Å²) in [6.07, 6.45) is 4.18. The van der Waals surface area contributed by atoms with E-state index in [1.54, 1.807) is 0 Å². The summed E-state index contributed by atoms with van der Waals surface area (Å²) in [6, 6.07) is 1.61. The van der Waals surface area contributed by atoms with Crippen LogP contribution in [-0.4, -0.2) is 34.9 Å². The minimum atomic E-state index is -0.351. The van der Waals surface area contributed by atoms with Crippen LogP contribution in [0, 0.1) is 0 Å². The summed E-state index contributed by atoms with van der Waals surface area (Å²) in [5, 5.41) is 6.71. The highest BCUT2D eigenvalue weighted by Crippen LogP contribution is 2.18. The van der Waals surface area contributed by atoms with E-state index in [0.29, 0.717) is 25.3 Å². The topological polar surface area (TPSA) is 99.2 Å². The average molecular weight is 266 g/mol. The molecule has 0 aromatic carbocycles. The predicted octanol–water partition coefficient (Wildman–Crippen LogP) is -0.750. The van der Waals surface area contributed by atoms with Crippen molar-refractivity contribution >= 4 is 5.91 Å². The lowest BCUT2D eigenvalue weighted by Crippen LogP contribution is -2.34. The minimum Gasteiger partial charge on any atom is -0.492 e. The molecule has 104 valence electrons. The summed E-state index contributed by atoms with van der Waals surface area (Å²) in [4.78, 5) is 23.3. The van der Waals surface area contributed by atoms with Gasteiger partial charge in [0.05, 0.1) is 12.8 Å². The summed E-state index contributed by atoms with van der Waals surface area (Å²) in [5.74, 6) is 0.214. The molecule has 1 aliphatic carbocycles. The van der Waals surface area contributed by atoms with Gasteiger partial charge in [0, 0.05) is 12.1 Å². The van der Waals surface area contributed by atoms with Gasteiger partial charge >= 0.3 is 0 Å². The Labute approximate surface area is 110 Å². The fraction of sp³-hybridized carbons (Fsp3) is 0.583. The highest BCUT2D eigenvalue weighted by atomic mass is 16.5. The molecule has 19 heavy (non-hydrogen) atoms. The molecule has 0 spiro atoms. The van der Waals surface area contributed by atoms with Gasteiger partial charge in [-0.3, -0.25) is 9.59 Å². The summed E-state index contributed by atoms with van der Waals surface area (Å²) in [6.45, 7) is 0.925. The van der Waals surface area contributed by atoms with Gasteiger partial charge < -0.3 is 15.8 Å². The summed E-state index contributed by atoms with van der Waals surface area (Å²) >= 11 is 0. The van der Waals surface area contributed by atoms with Gasteiger partial charge in [0.25, 0.3) is 5.56 Å². The van der Waals surface area contributed by atoms with E-state index >= 15 is 0 Å². The second kappa shape index (κ2) is 6.33. The molecule has 1 saturated carbocycles. The molecular weight excluding hydrogens is 248 g/mol. The number of rotatable bonds is 7. The zero-order valence-corrected chi connectivity index (χ0v) is 10.7. The third-order valence-corrected chi connectivity index (χ3v) is 2.70. The molecule has 2 rings (SSSR count). The van der Waals surface area contributed by atoms with Gasteiger partial charge in [-0.25, -0.2) is 4.68 Å². The SMILES string of the molecule is NCCCOc1cnn(CC(=O)NC2CC2)c(=O)c1. The molecule has 7 nitrogen and oxygen atoms in total. The predicted molar refractivity (Wildman–Crippen MR) is 68.8 cm³/mol. The molecule has 1 aliphatic rings. The van der Waals surface area contributed by atoms with Crippen LogP contribution in [0.1, 0.15) is 19.3 Å². The molecule has 0 radical (unpaired) electrons. The number of ether oxygens (including phenoxy) is 1. The maximum Gasteiger partial charge on any atom is 0.270 e. The largest absolute Gasteiger partial charge is 0.492 e. The second-order valence-electron chi connectivity index (χ2n) is 4.52. The van der Waals surface area contributed by atoms with Gasteiger partial charge in [-0.2, -0.15) is 5.10 Å². The number of carbonyl (C=O) groups excluding carboxylic acids is 1. The Morgan fingerprint density at radius 2 is 2.37 bits per heavy atom. The van der Waals surface area contributed by atoms with Crippen LogP contribution in [0.2, 0.25) is 0 Å². The van der Waals surface area contributed by atoms with E-state index in [9.17, 15) is 9.59 Å².